The minimum atomic E-state index is -0.395. The zero-order valence-electron chi connectivity index (χ0n) is 12.9. The second-order valence-electron chi connectivity index (χ2n) is 5.49. The Balaban J connectivity index is 1.66. The number of imidazole rings is 1. The van der Waals surface area contributed by atoms with Crippen molar-refractivity contribution in [1.29, 1.82) is 0 Å². The number of fused-ring (bicyclic) bond motifs is 2. The molecule has 0 spiro atoms. The van der Waals surface area contributed by atoms with E-state index in [1.165, 1.54) is 6.07 Å². The van der Waals surface area contributed by atoms with E-state index in [4.69, 9.17) is 0 Å². The molecule has 0 bridgehead atoms. The molecule has 1 aromatic carbocycles. The van der Waals surface area contributed by atoms with Crippen molar-refractivity contribution in [3.8, 4) is 0 Å². The molecule has 0 aliphatic heterocycles. The summed E-state index contributed by atoms with van der Waals surface area (Å²) < 4.78 is 2.91. The highest BCUT2D eigenvalue weighted by Crippen LogP contribution is 2.30. The van der Waals surface area contributed by atoms with Crippen molar-refractivity contribution in [3.05, 3.63) is 75.3 Å². The molecule has 0 unspecified atom stereocenters. The molecule has 8 heteroatoms. The normalized spacial score (nSPS) is 11.1. The molecule has 0 aliphatic rings. The number of hydrogen-bond donors (Lipinski definition) is 1. The first kappa shape index (κ1) is 15.5. The monoisotopic (exact) mass is 397 g/mol. The van der Waals surface area contributed by atoms with Gasteiger partial charge in [0.25, 0.3) is 5.69 Å². The number of aromatic nitrogens is 3. The topological polar surface area (TPSA) is 85.4 Å². The van der Waals surface area contributed by atoms with Crippen molar-refractivity contribution in [1.82, 2.24) is 14.4 Å². The van der Waals surface area contributed by atoms with E-state index in [9.17, 15) is 10.1 Å². The molecule has 0 radical (unpaired) electrons. The van der Waals surface area contributed by atoms with Gasteiger partial charge in [0.15, 0.2) is 0 Å². The van der Waals surface area contributed by atoms with Gasteiger partial charge in [-0.2, -0.15) is 0 Å². The predicted molar refractivity (Wildman–Crippen MR) is 98.6 cm³/mol. The van der Waals surface area contributed by atoms with Gasteiger partial charge in [0, 0.05) is 29.1 Å². The van der Waals surface area contributed by atoms with Gasteiger partial charge in [0.1, 0.15) is 11.2 Å². The number of pyridine rings is 2. The maximum atomic E-state index is 11.2. The average molecular weight is 398 g/mol. The molecule has 7 nitrogen and oxygen atoms in total. The maximum Gasteiger partial charge on any atom is 0.278 e. The van der Waals surface area contributed by atoms with Crippen molar-refractivity contribution in [2.45, 2.75) is 6.54 Å². The fraction of sp³-hybridized carbons (Fsp3) is 0.0588. The van der Waals surface area contributed by atoms with E-state index in [1.54, 1.807) is 24.4 Å². The first-order valence-corrected chi connectivity index (χ1v) is 8.30. The Labute approximate surface area is 150 Å². The molecular weight excluding hydrogens is 386 g/mol. The largest absolute Gasteiger partial charge is 0.378 e. The first-order valence-electron chi connectivity index (χ1n) is 7.51. The lowest BCUT2D eigenvalue weighted by Gasteiger charge is -2.08. The number of benzene rings is 1. The van der Waals surface area contributed by atoms with E-state index in [-0.39, 0.29) is 5.69 Å². The molecule has 0 fully saturated rings. The van der Waals surface area contributed by atoms with Crippen molar-refractivity contribution in [3.63, 3.8) is 0 Å². The van der Waals surface area contributed by atoms with E-state index in [1.807, 2.05) is 28.9 Å². The summed E-state index contributed by atoms with van der Waals surface area (Å²) in [5.41, 5.74) is 3.07. The van der Waals surface area contributed by atoms with Gasteiger partial charge in [-0.25, -0.2) is 4.98 Å². The third kappa shape index (κ3) is 2.91. The number of hydrogen-bond acceptors (Lipinski definition) is 5. The number of non-ortho nitro benzene ring substituents is 1. The molecule has 124 valence electrons. The Morgan fingerprint density at radius 3 is 2.92 bits per heavy atom. The van der Waals surface area contributed by atoms with Crippen LogP contribution in [0.15, 0.2) is 59.5 Å². The standard InChI is InChI=1S/C17H12BrN5O2/c18-11-3-6-16-21-12(10-22(16)9-11)8-20-14-4-5-15(23(24)25)13-2-1-7-19-17(13)14/h1-7,9-10,20H,8H2. The molecule has 4 rings (SSSR count). The molecule has 0 saturated carbocycles. The fourth-order valence-corrected chi connectivity index (χ4v) is 3.10. The lowest BCUT2D eigenvalue weighted by atomic mass is 10.1. The van der Waals surface area contributed by atoms with Crippen LogP contribution >= 0.6 is 15.9 Å². The molecule has 0 saturated heterocycles. The number of halogens is 1. The highest BCUT2D eigenvalue weighted by molar-refractivity contribution is 9.10. The Morgan fingerprint density at radius 2 is 2.08 bits per heavy atom. The summed E-state index contributed by atoms with van der Waals surface area (Å²) in [7, 11) is 0. The summed E-state index contributed by atoms with van der Waals surface area (Å²) in [6.45, 7) is 0.489. The second kappa shape index (κ2) is 6.14. The van der Waals surface area contributed by atoms with Crippen LogP contribution in [0.1, 0.15) is 5.69 Å². The van der Waals surface area contributed by atoms with Crippen LogP contribution in [0.2, 0.25) is 0 Å². The zero-order valence-corrected chi connectivity index (χ0v) is 14.5. The predicted octanol–water partition coefficient (Wildman–Crippen LogP) is 4.17. The number of nitrogens with one attached hydrogen (secondary N) is 1. The highest BCUT2D eigenvalue weighted by atomic mass is 79.9. The van der Waals surface area contributed by atoms with Crippen molar-refractivity contribution < 1.29 is 4.92 Å². The van der Waals surface area contributed by atoms with Crippen LogP contribution in [0, 0.1) is 10.1 Å². The van der Waals surface area contributed by atoms with E-state index in [2.05, 4.69) is 31.2 Å². The summed E-state index contributed by atoms with van der Waals surface area (Å²) in [6.07, 6.45) is 5.50. The molecule has 0 atom stereocenters. The van der Waals surface area contributed by atoms with Gasteiger partial charge in [-0.3, -0.25) is 15.1 Å². The average Bonchev–Trinajstić information content (AvgIpc) is 3.01. The SMILES string of the molecule is O=[N+]([O-])c1ccc(NCc2cn3cc(Br)ccc3n2)c2ncccc12. The Kier molecular flexibility index (Phi) is 3.81. The van der Waals surface area contributed by atoms with Crippen LogP contribution in [0.25, 0.3) is 16.6 Å². The number of rotatable bonds is 4. The third-order valence-electron chi connectivity index (χ3n) is 3.87. The summed E-state index contributed by atoms with van der Waals surface area (Å²) in [4.78, 5) is 19.6. The molecule has 3 aromatic heterocycles. The van der Waals surface area contributed by atoms with Crippen LogP contribution in [0.5, 0.6) is 0 Å². The summed E-state index contributed by atoms with van der Waals surface area (Å²) in [5.74, 6) is 0. The summed E-state index contributed by atoms with van der Waals surface area (Å²) >= 11 is 3.44. The fourth-order valence-electron chi connectivity index (χ4n) is 2.75. The lowest BCUT2D eigenvalue weighted by Crippen LogP contribution is -2.02. The van der Waals surface area contributed by atoms with Crippen molar-refractivity contribution in [2.24, 2.45) is 0 Å². The minimum absolute atomic E-state index is 0.0474. The van der Waals surface area contributed by atoms with Gasteiger partial charge < -0.3 is 9.72 Å². The molecule has 4 aromatic rings. The second-order valence-corrected chi connectivity index (χ2v) is 6.40. The molecule has 0 amide bonds. The van der Waals surface area contributed by atoms with E-state index < -0.39 is 4.92 Å². The molecular formula is C17H12BrN5O2. The van der Waals surface area contributed by atoms with Gasteiger partial charge in [0.2, 0.25) is 0 Å². The maximum absolute atomic E-state index is 11.2. The van der Waals surface area contributed by atoms with Gasteiger partial charge >= 0.3 is 0 Å². The number of nitro groups is 1. The van der Waals surface area contributed by atoms with Crippen LogP contribution in [0.3, 0.4) is 0 Å². The first-order chi connectivity index (χ1) is 12.1. The van der Waals surface area contributed by atoms with Gasteiger partial charge in [-0.05, 0) is 46.3 Å². The van der Waals surface area contributed by atoms with Crippen LogP contribution < -0.4 is 5.32 Å². The van der Waals surface area contributed by atoms with Crippen molar-refractivity contribution in [2.75, 3.05) is 5.32 Å². The minimum Gasteiger partial charge on any atom is -0.378 e. The smallest absolute Gasteiger partial charge is 0.278 e. The number of anilines is 1. The Hall–Kier alpha value is -3.00. The summed E-state index contributed by atoms with van der Waals surface area (Å²) in [5, 5.41) is 15.0. The zero-order chi connectivity index (χ0) is 17.4. The molecule has 3 heterocycles. The van der Waals surface area contributed by atoms with Gasteiger partial charge in [-0.1, -0.05) is 0 Å². The summed E-state index contributed by atoms with van der Waals surface area (Å²) in [6, 6.07) is 10.4. The van der Waals surface area contributed by atoms with Crippen LogP contribution in [0.4, 0.5) is 11.4 Å². The van der Waals surface area contributed by atoms with E-state index >= 15 is 0 Å². The lowest BCUT2D eigenvalue weighted by molar-refractivity contribution is -0.383. The number of nitrogens with zero attached hydrogens (tertiary/aromatic N) is 4. The highest BCUT2D eigenvalue weighted by Gasteiger charge is 2.15. The van der Waals surface area contributed by atoms with E-state index in [0.717, 1.165) is 21.5 Å². The van der Waals surface area contributed by atoms with E-state index in [0.29, 0.717) is 17.4 Å². The number of nitro benzene ring substituents is 1. The Morgan fingerprint density at radius 1 is 1.20 bits per heavy atom. The molecule has 1 N–H and O–H groups in total. The van der Waals surface area contributed by atoms with Gasteiger partial charge in [0.05, 0.1) is 28.2 Å². The van der Waals surface area contributed by atoms with Crippen LogP contribution in [-0.2, 0) is 6.54 Å². The van der Waals surface area contributed by atoms with Gasteiger partial charge in [-0.15, -0.1) is 0 Å². The molecule has 25 heavy (non-hydrogen) atoms. The third-order valence-corrected chi connectivity index (χ3v) is 4.34. The Bertz CT molecular complexity index is 1110. The van der Waals surface area contributed by atoms with Crippen molar-refractivity contribution >= 4 is 43.9 Å². The quantitative estimate of drug-likeness (QED) is 0.412. The van der Waals surface area contributed by atoms with Crippen LogP contribution in [-0.4, -0.2) is 19.3 Å². The molecule has 0 aliphatic carbocycles.